The second-order valence-corrected chi connectivity index (χ2v) is 5.64. The molecule has 19 heavy (non-hydrogen) atoms. The lowest BCUT2D eigenvalue weighted by molar-refractivity contribution is 0.400. The molecule has 0 spiro atoms. The first-order chi connectivity index (χ1) is 9.34. The first-order valence-electron chi connectivity index (χ1n) is 6.17. The van der Waals surface area contributed by atoms with Crippen LogP contribution in [-0.2, 0) is 0 Å². The van der Waals surface area contributed by atoms with E-state index in [2.05, 4.69) is 47.6 Å². The van der Waals surface area contributed by atoms with Crippen LogP contribution in [0.25, 0.3) is 22.4 Å². The average molecular weight is 265 g/mol. The van der Waals surface area contributed by atoms with Gasteiger partial charge in [-0.3, -0.25) is 0 Å². The van der Waals surface area contributed by atoms with Crippen molar-refractivity contribution in [3.05, 3.63) is 54.3 Å². The molecule has 0 aliphatic carbocycles. The van der Waals surface area contributed by atoms with Crippen LogP contribution < -0.4 is 0 Å². The fraction of sp³-hybridized carbons (Fsp3) is 0.0625. The van der Waals surface area contributed by atoms with Crippen LogP contribution in [0, 0.1) is 6.92 Å². The van der Waals surface area contributed by atoms with Crippen molar-refractivity contribution < 1.29 is 4.52 Å². The van der Waals surface area contributed by atoms with Crippen LogP contribution in [0.4, 0.5) is 0 Å². The van der Waals surface area contributed by atoms with E-state index in [1.165, 1.54) is 15.4 Å². The normalized spacial score (nSPS) is 12.3. The number of aryl methyl sites for hydroxylation is 1. The maximum absolute atomic E-state index is 5.43. The molecular formula is C16H11NOS. The summed E-state index contributed by atoms with van der Waals surface area (Å²) in [7, 11) is 0. The van der Waals surface area contributed by atoms with E-state index in [0.29, 0.717) is 0 Å². The maximum atomic E-state index is 5.43. The molecule has 0 saturated heterocycles. The zero-order chi connectivity index (χ0) is 12.8. The van der Waals surface area contributed by atoms with Gasteiger partial charge in [0.25, 0.3) is 0 Å². The van der Waals surface area contributed by atoms with Crippen LogP contribution in [0.1, 0.15) is 5.76 Å². The number of benzene rings is 2. The molecule has 1 aliphatic heterocycles. The van der Waals surface area contributed by atoms with Crippen LogP contribution in [0.2, 0.25) is 0 Å². The maximum Gasteiger partial charge on any atom is 0.142 e. The van der Waals surface area contributed by atoms with E-state index in [9.17, 15) is 0 Å². The summed E-state index contributed by atoms with van der Waals surface area (Å²) in [6, 6.07) is 16.8. The topological polar surface area (TPSA) is 26.0 Å². The highest BCUT2D eigenvalue weighted by Crippen LogP contribution is 2.48. The molecule has 0 amide bonds. The monoisotopic (exact) mass is 265 g/mol. The number of rotatable bonds is 0. The lowest BCUT2D eigenvalue weighted by atomic mass is 10.00. The molecule has 2 heterocycles. The molecule has 0 radical (unpaired) electrons. The molecule has 3 aromatic rings. The summed E-state index contributed by atoms with van der Waals surface area (Å²) in [5.74, 6) is 0.875. The zero-order valence-corrected chi connectivity index (χ0v) is 11.2. The molecule has 0 unspecified atom stereocenters. The molecule has 3 heteroatoms. The van der Waals surface area contributed by atoms with Gasteiger partial charge < -0.3 is 4.52 Å². The summed E-state index contributed by atoms with van der Waals surface area (Å²) in [6.07, 6.45) is 0. The summed E-state index contributed by atoms with van der Waals surface area (Å²) in [6.45, 7) is 1.97. The minimum Gasteiger partial charge on any atom is -0.360 e. The molecule has 0 bridgehead atoms. The molecule has 0 atom stereocenters. The third kappa shape index (κ3) is 1.55. The van der Waals surface area contributed by atoms with Gasteiger partial charge in [-0.25, -0.2) is 0 Å². The Morgan fingerprint density at radius 2 is 1.53 bits per heavy atom. The van der Waals surface area contributed by atoms with Gasteiger partial charge in [-0.2, -0.15) is 0 Å². The molecule has 2 nitrogen and oxygen atoms in total. The summed E-state index contributed by atoms with van der Waals surface area (Å²) in [5.41, 5.74) is 4.42. The van der Waals surface area contributed by atoms with Crippen molar-refractivity contribution in [2.45, 2.75) is 16.7 Å². The summed E-state index contributed by atoms with van der Waals surface area (Å²) < 4.78 is 5.43. The molecule has 0 N–H and O–H groups in total. The third-order valence-corrected chi connectivity index (χ3v) is 4.53. The second-order valence-electron chi connectivity index (χ2n) is 4.56. The van der Waals surface area contributed by atoms with Crippen molar-refractivity contribution in [2.75, 3.05) is 0 Å². The molecule has 4 rings (SSSR count). The van der Waals surface area contributed by atoms with Crippen molar-refractivity contribution in [3.63, 3.8) is 0 Å². The van der Waals surface area contributed by atoms with Crippen LogP contribution in [0.3, 0.4) is 0 Å². The summed E-state index contributed by atoms with van der Waals surface area (Å²) >= 11 is 1.79. The molecular weight excluding hydrogens is 254 g/mol. The fourth-order valence-corrected chi connectivity index (χ4v) is 3.59. The number of hydrogen-bond acceptors (Lipinski definition) is 3. The number of fused-ring (bicyclic) bond motifs is 5. The van der Waals surface area contributed by atoms with Gasteiger partial charge in [0.1, 0.15) is 11.5 Å². The highest BCUT2D eigenvalue weighted by molar-refractivity contribution is 7.99. The van der Waals surface area contributed by atoms with Gasteiger partial charge in [0.2, 0.25) is 0 Å². The van der Waals surface area contributed by atoms with Crippen molar-refractivity contribution in [1.82, 2.24) is 5.16 Å². The van der Waals surface area contributed by atoms with Crippen molar-refractivity contribution in [2.24, 2.45) is 0 Å². The Morgan fingerprint density at radius 1 is 0.895 bits per heavy atom. The van der Waals surface area contributed by atoms with Crippen molar-refractivity contribution in [3.8, 4) is 22.4 Å². The van der Waals surface area contributed by atoms with Gasteiger partial charge in [0.05, 0.1) is 5.56 Å². The Morgan fingerprint density at radius 3 is 2.32 bits per heavy atom. The quantitative estimate of drug-likeness (QED) is 0.457. The standard InChI is InChI=1S/C16H11NOS/c1-10-15-11-6-2-4-8-13(11)19-14-9-5-3-7-12(14)16(15)17-18-10/h2-9H,1H3. The number of nitrogens with zero attached hydrogens (tertiary/aromatic N) is 1. The van der Waals surface area contributed by atoms with E-state index >= 15 is 0 Å². The Kier molecular flexibility index (Phi) is 2.29. The second kappa shape index (κ2) is 4.00. The lowest BCUT2D eigenvalue weighted by Gasteiger charge is -2.05. The van der Waals surface area contributed by atoms with Gasteiger partial charge in [-0.15, -0.1) is 0 Å². The van der Waals surface area contributed by atoms with Gasteiger partial charge in [-0.1, -0.05) is 53.3 Å². The number of hydrogen-bond donors (Lipinski definition) is 0. The van der Waals surface area contributed by atoms with E-state index in [1.54, 1.807) is 11.8 Å². The van der Waals surface area contributed by atoms with Crippen LogP contribution in [0.15, 0.2) is 62.8 Å². The third-order valence-electron chi connectivity index (χ3n) is 3.38. The Balaban J connectivity index is 2.14. The first kappa shape index (κ1) is 10.9. The van der Waals surface area contributed by atoms with Crippen LogP contribution in [0.5, 0.6) is 0 Å². The molecule has 1 aliphatic rings. The largest absolute Gasteiger partial charge is 0.360 e. The van der Waals surface area contributed by atoms with Gasteiger partial charge in [0, 0.05) is 20.9 Å². The van der Waals surface area contributed by atoms with Crippen LogP contribution in [-0.4, -0.2) is 5.16 Å². The predicted octanol–water partition coefficient (Wildman–Crippen LogP) is 4.78. The van der Waals surface area contributed by atoms with Gasteiger partial charge in [-0.05, 0) is 19.1 Å². The Bertz CT molecular complexity index is 776. The smallest absolute Gasteiger partial charge is 0.142 e. The van der Waals surface area contributed by atoms with E-state index in [0.717, 1.165) is 22.6 Å². The van der Waals surface area contributed by atoms with E-state index in [-0.39, 0.29) is 0 Å². The molecule has 0 saturated carbocycles. The lowest BCUT2D eigenvalue weighted by Crippen LogP contribution is -1.83. The van der Waals surface area contributed by atoms with E-state index in [1.807, 2.05) is 13.0 Å². The highest BCUT2D eigenvalue weighted by atomic mass is 32.2. The van der Waals surface area contributed by atoms with Crippen LogP contribution >= 0.6 is 11.8 Å². The highest BCUT2D eigenvalue weighted by Gasteiger charge is 2.24. The van der Waals surface area contributed by atoms with Gasteiger partial charge >= 0.3 is 0 Å². The molecule has 0 fully saturated rings. The summed E-state index contributed by atoms with van der Waals surface area (Å²) in [5, 5.41) is 4.27. The molecule has 92 valence electrons. The Labute approximate surface area is 115 Å². The minimum absolute atomic E-state index is 0.875. The molecule has 2 aromatic carbocycles. The molecule has 1 aromatic heterocycles. The first-order valence-corrected chi connectivity index (χ1v) is 6.99. The Hall–Kier alpha value is -2.00. The summed E-state index contributed by atoms with van der Waals surface area (Å²) in [4.78, 5) is 2.47. The van der Waals surface area contributed by atoms with Gasteiger partial charge in [0.15, 0.2) is 0 Å². The minimum atomic E-state index is 0.875. The fourth-order valence-electron chi connectivity index (χ4n) is 2.51. The number of aromatic nitrogens is 1. The predicted molar refractivity (Wildman–Crippen MR) is 76.2 cm³/mol. The van der Waals surface area contributed by atoms with E-state index < -0.39 is 0 Å². The van der Waals surface area contributed by atoms with Crippen molar-refractivity contribution in [1.29, 1.82) is 0 Å². The van der Waals surface area contributed by atoms with Crippen molar-refractivity contribution >= 4 is 11.8 Å². The average Bonchev–Trinajstić information content (AvgIpc) is 2.75. The zero-order valence-electron chi connectivity index (χ0n) is 10.4. The van der Waals surface area contributed by atoms with E-state index in [4.69, 9.17) is 4.52 Å². The SMILES string of the molecule is Cc1onc2c1-c1ccccc1Sc1ccccc1-2.